The molecular weight excluding hydrogens is 378 g/mol. The maximum atomic E-state index is 12.6. The Labute approximate surface area is 156 Å². The van der Waals surface area contributed by atoms with Gasteiger partial charge in [0.05, 0.1) is 18.6 Å². The summed E-state index contributed by atoms with van der Waals surface area (Å²) >= 11 is 5.86. The van der Waals surface area contributed by atoms with Gasteiger partial charge in [0, 0.05) is 17.6 Å². The summed E-state index contributed by atoms with van der Waals surface area (Å²) < 4.78 is 36.6. The van der Waals surface area contributed by atoms with Crippen molar-refractivity contribution in [2.45, 2.75) is 11.4 Å². The summed E-state index contributed by atoms with van der Waals surface area (Å²) in [6.45, 7) is -0.0467. The molecule has 3 aromatic rings. The zero-order valence-electron chi connectivity index (χ0n) is 14.1. The van der Waals surface area contributed by atoms with Crippen LogP contribution in [0.2, 0.25) is 5.02 Å². The average Bonchev–Trinajstić information content (AvgIpc) is 3.10. The first kappa shape index (κ1) is 18.4. The first-order valence-electron chi connectivity index (χ1n) is 7.59. The summed E-state index contributed by atoms with van der Waals surface area (Å²) in [6.07, 6.45) is 0. The van der Waals surface area contributed by atoms with Crippen molar-refractivity contribution < 1.29 is 17.7 Å². The smallest absolute Gasteiger partial charge is 0.243 e. The lowest BCUT2D eigenvalue weighted by atomic mass is 10.2. The molecule has 136 valence electrons. The SMILES string of the molecule is COc1ccc(S(=O)(=O)N(C)Cc2nc(-c3ccc(Cl)cc3)no2)cc1. The number of halogens is 1. The first-order valence-corrected chi connectivity index (χ1v) is 9.41. The summed E-state index contributed by atoms with van der Waals surface area (Å²) in [5.74, 6) is 1.14. The predicted octanol–water partition coefficient (Wildman–Crippen LogP) is 3.22. The van der Waals surface area contributed by atoms with E-state index in [1.165, 1.54) is 26.3 Å². The van der Waals surface area contributed by atoms with E-state index in [1.54, 1.807) is 36.4 Å². The fourth-order valence-corrected chi connectivity index (χ4v) is 3.48. The van der Waals surface area contributed by atoms with E-state index in [-0.39, 0.29) is 17.3 Å². The van der Waals surface area contributed by atoms with Crippen molar-refractivity contribution in [3.63, 3.8) is 0 Å². The molecule has 1 heterocycles. The van der Waals surface area contributed by atoms with Crippen LogP contribution < -0.4 is 4.74 Å². The largest absolute Gasteiger partial charge is 0.497 e. The monoisotopic (exact) mass is 393 g/mol. The second kappa shape index (κ2) is 7.45. The summed E-state index contributed by atoms with van der Waals surface area (Å²) in [4.78, 5) is 4.39. The molecule has 0 spiro atoms. The lowest BCUT2D eigenvalue weighted by Gasteiger charge is -2.15. The third-order valence-electron chi connectivity index (χ3n) is 3.70. The Morgan fingerprint density at radius 1 is 1.12 bits per heavy atom. The number of hydrogen-bond acceptors (Lipinski definition) is 6. The molecule has 0 atom stereocenters. The summed E-state index contributed by atoms with van der Waals surface area (Å²) in [6, 6.07) is 13.1. The number of nitrogens with zero attached hydrogens (tertiary/aromatic N) is 3. The van der Waals surface area contributed by atoms with Gasteiger partial charge in [0.1, 0.15) is 5.75 Å². The van der Waals surface area contributed by atoms with E-state index in [1.807, 2.05) is 0 Å². The standard InChI is InChI=1S/C17H16ClN3O4S/c1-21(26(22,23)15-9-7-14(24-2)8-10-15)11-16-19-17(20-25-16)12-3-5-13(18)6-4-12/h3-10H,11H2,1-2H3. The van der Waals surface area contributed by atoms with Crippen molar-refractivity contribution in [1.82, 2.24) is 14.4 Å². The van der Waals surface area contributed by atoms with E-state index in [0.717, 1.165) is 9.87 Å². The first-order chi connectivity index (χ1) is 12.4. The number of sulfonamides is 1. The highest BCUT2D eigenvalue weighted by Crippen LogP contribution is 2.22. The fourth-order valence-electron chi connectivity index (χ4n) is 2.24. The number of hydrogen-bond donors (Lipinski definition) is 0. The van der Waals surface area contributed by atoms with Gasteiger partial charge in [-0.05, 0) is 48.5 Å². The van der Waals surface area contributed by atoms with Crippen LogP contribution in [0.25, 0.3) is 11.4 Å². The molecule has 26 heavy (non-hydrogen) atoms. The highest BCUT2D eigenvalue weighted by atomic mass is 35.5. The van der Waals surface area contributed by atoms with Crippen LogP contribution in [0.5, 0.6) is 5.75 Å². The van der Waals surface area contributed by atoms with Crippen molar-refractivity contribution in [2.24, 2.45) is 0 Å². The number of ether oxygens (including phenoxy) is 1. The highest BCUT2D eigenvalue weighted by Gasteiger charge is 2.23. The van der Waals surface area contributed by atoms with Crippen LogP contribution in [0.1, 0.15) is 5.89 Å². The van der Waals surface area contributed by atoms with Gasteiger partial charge in [0.2, 0.25) is 21.7 Å². The Kier molecular flexibility index (Phi) is 5.26. The molecule has 0 bridgehead atoms. The van der Waals surface area contributed by atoms with Gasteiger partial charge in [-0.15, -0.1) is 0 Å². The molecule has 2 aromatic carbocycles. The molecule has 0 saturated carbocycles. The molecular formula is C17H16ClN3O4S. The van der Waals surface area contributed by atoms with Crippen LogP contribution in [0.4, 0.5) is 0 Å². The van der Waals surface area contributed by atoms with E-state index >= 15 is 0 Å². The van der Waals surface area contributed by atoms with Crippen molar-refractivity contribution >= 4 is 21.6 Å². The molecule has 0 unspecified atom stereocenters. The van der Waals surface area contributed by atoms with Crippen molar-refractivity contribution in [1.29, 1.82) is 0 Å². The van der Waals surface area contributed by atoms with E-state index in [0.29, 0.717) is 16.6 Å². The second-order valence-corrected chi connectivity index (χ2v) is 7.94. The van der Waals surface area contributed by atoms with E-state index < -0.39 is 10.0 Å². The third kappa shape index (κ3) is 3.87. The zero-order valence-corrected chi connectivity index (χ0v) is 15.7. The average molecular weight is 394 g/mol. The van der Waals surface area contributed by atoms with Crippen LogP contribution in [-0.4, -0.2) is 37.0 Å². The topological polar surface area (TPSA) is 85.5 Å². The molecule has 1 aromatic heterocycles. The minimum absolute atomic E-state index is 0.0467. The second-order valence-electron chi connectivity index (χ2n) is 5.46. The van der Waals surface area contributed by atoms with Crippen molar-refractivity contribution in [2.75, 3.05) is 14.2 Å². The number of rotatable bonds is 6. The van der Waals surface area contributed by atoms with Gasteiger partial charge < -0.3 is 9.26 Å². The Hall–Kier alpha value is -2.42. The highest BCUT2D eigenvalue weighted by molar-refractivity contribution is 7.89. The molecule has 0 saturated heterocycles. The number of methoxy groups -OCH3 is 1. The van der Waals surface area contributed by atoms with E-state index in [4.69, 9.17) is 20.9 Å². The molecule has 0 aliphatic rings. The summed E-state index contributed by atoms with van der Waals surface area (Å²) in [5, 5.41) is 4.48. The van der Waals surface area contributed by atoms with Gasteiger partial charge in [-0.3, -0.25) is 0 Å². The van der Waals surface area contributed by atoms with Gasteiger partial charge in [-0.2, -0.15) is 9.29 Å². The lowest BCUT2D eigenvalue weighted by Crippen LogP contribution is -2.26. The molecule has 0 fully saturated rings. The summed E-state index contributed by atoms with van der Waals surface area (Å²) in [7, 11) is -0.723. The molecule has 0 aliphatic heterocycles. The number of benzene rings is 2. The van der Waals surface area contributed by atoms with Crippen molar-refractivity contribution in [3.8, 4) is 17.1 Å². The Bertz CT molecular complexity index is 986. The predicted molar refractivity (Wildman–Crippen MR) is 96.4 cm³/mol. The minimum Gasteiger partial charge on any atom is -0.497 e. The molecule has 3 rings (SSSR count). The quantitative estimate of drug-likeness (QED) is 0.639. The lowest BCUT2D eigenvalue weighted by molar-refractivity contribution is 0.336. The van der Waals surface area contributed by atoms with Gasteiger partial charge >= 0.3 is 0 Å². The van der Waals surface area contributed by atoms with Crippen LogP contribution in [0.3, 0.4) is 0 Å². The van der Waals surface area contributed by atoms with Crippen LogP contribution >= 0.6 is 11.6 Å². The van der Waals surface area contributed by atoms with Gasteiger partial charge in [0.25, 0.3) is 0 Å². The zero-order chi connectivity index (χ0) is 18.7. The van der Waals surface area contributed by atoms with E-state index in [9.17, 15) is 8.42 Å². The molecule has 0 amide bonds. The van der Waals surface area contributed by atoms with Crippen molar-refractivity contribution in [3.05, 3.63) is 59.4 Å². The molecule has 9 heteroatoms. The Morgan fingerprint density at radius 2 is 1.77 bits per heavy atom. The molecule has 0 radical (unpaired) electrons. The maximum absolute atomic E-state index is 12.6. The van der Waals surface area contributed by atoms with Crippen LogP contribution in [-0.2, 0) is 16.6 Å². The normalized spacial score (nSPS) is 11.7. The summed E-state index contributed by atoms with van der Waals surface area (Å²) in [5.41, 5.74) is 0.727. The van der Waals surface area contributed by atoms with E-state index in [2.05, 4.69) is 10.1 Å². The minimum atomic E-state index is -3.69. The number of aromatic nitrogens is 2. The van der Waals surface area contributed by atoms with Crippen LogP contribution in [0.15, 0.2) is 57.9 Å². The molecule has 7 nitrogen and oxygen atoms in total. The fraction of sp³-hybridized carbons (Fsp3) is 0.176. The third-order valence-corrected chi connectivity index (χ3v) is 5.77. The van der Waals surface area contributed by atoms with Gasteiger partial charge in [0.15, 0.2) is 0 Å². The maximum Gasteiger partial charge on any atom is 0.243 e. The molecule has 0 aliphatic carbocycles. The van der Waals surface area contributed by atoms with Crippen LogP contribution in [0, 0.1) is 0 Å². The Balaban J connectivity index is 1.76. The van der Waals surface area contributed by atoms with Gasteiger partial charge in [-0.1, -0.05) is 16.8 Å². The van der Waals surface area contributed by atoms with Gasteiger partial charge in [-0.25, -0.2) is 8.42 Å². The Morgan fingerprint density at radius 3 is 2.38 bits per heavy atom. The molecule has 0 N–H and O–H groups in total.